The molecular formula is C39H39F3N2O8. The molecule has 0 saturated heterocycles. The minimum atomic E-state index is -4.86. The van der Waals surface area contributed by atoms with E-state index >= 15 is 0 Å². The van der Waals surface area contributed by atoms with Crippen molar-refractivity contribution >= 4 is 29.4 Å². The molecule has 0 saturated carbocycles. The van der Waals surface area contributed by atoms with Crippen LogP contribution in [-0.2, 0) is 22.4 Å². The third-order valence-corrected chi connectivity index (χ3v) is 7.71. The van der Waals surface area contributed by atoms with E-state index in [2.05, 4.69) is 22.3 Å². The predicted molar refractivity (Wildman–Crippen MR) is 187 cm³/mol. The number of carbonyl (C=O) groups is 4. The van der Waals surface area contributed by atoms with E-state index in [4.69, 9.17) is 9.47 Å². The van der Waals surface area contributed by atoms with E-state index in [9.17, 15) is 37.5 Å². The molecular weight excluding hydrogens is 681 g/mol. The van der Waals surface area contributed by atoms with E-state index in [1.807, 2.05) is 0 Å². The Kier molecular flexibility index (Phi) is 14.2. The SMILES string of the molecule is CCCCCCCOc1ccc(C(=O)Oc2ccc(CC(NC(=O)c3ccc(NC(=O)Cc4cccc(OC(F)(F)F)c4)cc3)C(=O)O)cc2)cc1. The van der Waals surface area contributed by atoms with Gasteiger partial charge in [-0.05, 0) is 90.3 Å². The number of aliphatic carboxylic acids is 1. The summed E-state index contributed by atoms with van der Waals surface area (Å²) in [4.78, 5) is 50.0. The number of carboxylic acids is 1. The number of ether oxygens (including phenoxy) is 3. The van der Waals surface area contributed by atoms with Crippen LogP contribution < -0.4 is 24.8 Å². The Morgan fingerprint density at radius 3 is 2.06 bits per heavy atom. The van der Waals surface area contributed by atoms with E-state index in [-0.39, 0.29) is 24.2 Å². The number of hydrogen-bond donors (Lipinski definition) is 3. The van der Waals surface area contributed by atoms with Crippen molar-refractivity contribution in [1.29, 1.82) is 0 Å². The quantitative estimate of drug-likeness (QED) is 0.0539. The molecule has 0 aliphatic rings. The van der Waals surface area contributed by atoms with E-state index < -0.39 is 41.9 Å². The topological polar surface area (TPSA) is 140 Å². The number of benzene rings is 4. The zero-order chi connectivity index (χ0) is 37.5. The predicted octanol–water partition coefficient (Wildman–Crippen LogP) is 7.76. The van der Waals surface area contributed by atoms with Gasteiger partial charge in [0.1, 0.15) is 23.3 Å². The fraction of sp³-hybridized carbons (Fsp3) is 0.282. The number of rotatable bonds is 18. The highest BCUT2D eigenvalue weighted by molar-refractivity contribution is 5.98. The number of hydrogen-bond acceptors (Lipinski definition) is 7. The van der Waals surface area contributed by atoms with Crippen LogP contribution in [-0.4, -0.2) is 47.9 Å². The molecule has 0 spiro atoms. The second-order valence-corrected chi connectivity index (χ2v) is 11.9. The highest BCUT2D eigenvalue weighted by atomic mass is 19.4. The molecule has 0 aliphatic carbocycles. The summed E-state index contributed by atoms with van der Waals surface area (Å²) in [5.74, 6) is -2.53. The molecule has 0 fully saturated rings. The number of anilines is 1. The van der Waals surface area contributed by atoms with Gasteiger partial charge in [-0.25, -0.2) is 9.59 Å². The Morgan fingerprint density at radius 2 is 1.40 bits per heavy atom. The third-order valence-electron chi connectivity index (χ3n) is 7.71. The molecule has 0 radical (unpaired) electrons. The minimum absolute atomic E-state index is 0.0568. The van der Waals surface area contributed by atoms with Crippen molar-refractivity contribution < 1.29 is 51.7 Å². The maximum Gasteiger partial charge on any atom is 0.573 e. The number of esters is 1. The molecule has 52 heavy (non-hydrogen) atoms. The van der Waals surface area contributed by atoms with Crippen molar-refractivity contribution in [2.75, 3.05) is 11.9 Å². The van der Waals surface area contributed by atoms with Crippen LogP contribution in [0.15, 0.2) is 97.1 Å². The molecule has 1 unspecified atom stereocenters. The molecule has 0 aliphatic heterocycles. The standard InChI is InChI=1S/C39H39F3N2O8/c1-2-3-4-5-6-22-50-31-20-14-29(15-21-31)38(49)51-32-18-10-26(11-19-32)24-34(37(47)48)44-36(46)28-12-16-30(17-13-28)43-35(45)25-27-8-7-9-33(23-27)52-39(40,41)42/h7-21,23,34H,2-6,22,24-25H2,1H3,(H,43,45)(H,44,46)(H,47,48). The summed E-state index contributed by atoms with van der Waals surface area (Å²) in [5, 5.41) is 14.8. The summed E-state index contributed by atoms with van der Waals surface area (Å²) in [6.07, 6.45) is 0.513. The first-order valence-corrected chi connectivity index (χ1v) is 16.7. The number of nitrogens with one attached hydrogen (secondary N) is 2. The monoisotopic (exact) mass is 720 g/mol. The van der Waals surface area contributed by atoms with Crippen molar-refractivity contribution in [1.82, 2.24) is 5.32 Å². The van der Waals surface area contributed by atoms with E-state index in [0.29, 0.717) is 34.7 Å². The Morgan fingerprint density at radius 1 is 0.750 bits per heavy atom. The lowest BCUT2D eigenvalue weighted by Crippen LogP contribution is -2.42. The highest BCUT2D eigenvalue weighted by Gasteiger charge is 2.31. The number of carbonyl (C=O) groups excluding carboxylic acids is 3. The number of amides is 2. The average Bonchev–Trinajstić information content (AvgIpc) is 3.10. The van der Waals surface area contributed by atoms with Crippen LogP contribution in [0.3, 0.4) is 0 Å². The summed E-state index contributed by atoms with van der Waals surface area (Å²) < 4.78 is 52.5. The van der Waals surface area contributed by atoms with Crippen LogP contribution in [0.2, 0.25) is 0 Å². The van der Waals surface area contributed by atoms with Gasteiger partial charge in [0.15, 0.2) is 0 Å². The molecule has 4 rings (SSSR count). The zero-order valence-corrected chi connectivity index (χ0v) is 28.4. The fourth-order valence-electron chi connectivity index (χ4n) is 5.07. The van der Waals surface area contributed by atoms with E-state index in [1.165, 1.54) is 67.8 Å². The molecule has 0 bridgehead atoms. The number of carboxylic acid groups (broad SMARTS) is 1. The van der Waals surface area contributed by atoms with Gasteiger partial charge in [-0.1, -0.05) is 56.9 Å². The van der Waals surface area contributed by atoms with Crippen molar-refractivity contribution in [3.05, 3.63) is 119 Å². The third kappa shape index (κ3) is 13.1. The molecule has 2 amide bonds. The summed E-state index contributed by atoms with van der Waals surface area (Å²) in [7, 11) is 0. The highest BCUT2D eigenvalue weighted by Crippen LogP contribution is 2.24. The van der Waals surface area contributed by atoms with Gasteiger partial charge in [0, 0.05) is 17.7 Å². The lowest BCUT2D eigenvalue weighted by Gasteiger charge is -2.15. The minimum Gasteiger partial charge on any atom is -0.494 e. The Bertz CT molecular complexity index is 1790. The van der Waals surface area contributed by atoms with Gasteiger partial charge < -0.3 is 30.0 Å². The molecule has 13 heteroatoms. The first-order chi connectivity index (χ1) is 24.9. The van der Waals surface area contributed by atoms with Gasteiger partial charge in [0.2, 0.25) is 5.91 Å². The summed E-state index contributed by atoms with van der Waals surface area (Å²) in [6, 6.07) is 22.3. The Balaban J connectivity index is 1.24. The fourth-order valence-corrected chi connectivity index (χ4v) is 5.07. The maximum atomic E-state index is 12.9. The summed E-state index contributed by atoms with van der Waals surface area (Å²) in [6.45, 7) is 2.78. The van der Waals surface area contributed by atoms with Gasteiger partial charge in [0.25, 0.3) is 5.91 Å². The van der Waals surface area contributed by atoms with E-state index in [1.54, 1.807) is 36.4 Å². The van der Waals surface area contributed by atoms with Crippen LogP contribution in [0, 0.1) is 0 Å². The number of halogens is 3. The zero-order valence-electron chi connectivity index (χ0n) is 28.4. The molecule has 4 aromatic rings. The normalized spacial score (nSPS) is 11.6. The molecule has 10 nitrogen and oxygen atoms in total. The molecule has 0 heterocycles. The van der Waals surface area contributed by atoms with Crippen LogP contribution in [0.1, 0.15) is 70.9 Å². The Labute approximate surface area is 298 Å². The lowest BCUT2D eigenvalue weighted by atomic mass is 10.0. The van der Waals surface area contributed by atoms with Crippen LogP contribution >= 0.6 is 0 Å². The number of alkyl halides is 3. The van der Waals surface area contributed by atoms with Crippen molar-refractivity contribution in [2.45, 2.75) is 64.3 Å². The van der Waals surface area contributed by atoms with Gasteiger partial charge in [-0.3, -0.25) is 9.59 Å². The van der Waals surface area contributed by atoms with Crippen molar-refractivity contribution in [3.8, 4) is 17.2 Å². The maximum absolute atomic E-state index is 12.9. The van der Waals surface area contributed by atoms with Crippen LogP contribution in [0.4, 0.5) is 18.9 Å². The lowest BCUT2D eigenvalue weighted by molar-refractivity contribution is -0.274. The summed E-state index contributed by atoms with van der Waals surface area (Å²) in [5.41, 5.74) is 1.64. The molecule has 0 aromatic heterocycles. The van der Waals surface area contributed by atoms with Gasteiger partial charge >= 0.3 is 18.3 Å². The van der Waals surface area contributed by atoms with Gasteiger partial charge in [-0.15, -0.1) is 13.2 Å². The summed E-state index contributed by atoms with van der Waals surface area (Å²) >= 11 is 0. The number of unbranched alkanes of at least 4 members (excludes halogenated alkanes) is 4. The first kappa shape index (κ1) is 38.9. The van der Waals surface area contributed by atoms with Crippen molar-refractivity contribution in [2.24, 2.45) is 0 Å². The van der Waals surface area contributed by atoms with Crippen LogP contribution in [0.5, 0.6) is 17.2 Å². The Hall–Kier alpha value is -5.85. The second kappa shape index (κ2) is 18.9. The smallest absolute Gasteiger partial charge is 0.494 e. The molecule has 1 atom stereocenters. The van der Waals surface area contributed by atoms with Gasteiger partial charge in [-0.2, -0.15) is 0 Å². The average molecular weight is 721 g/mol. The molecule has 274 valence electrons. The van der Waals surface area contributed by atoms with Gasteiger partial charge in [0.05, 0.1) is 18.6 Å². The second-order valence-electron chi connectivity index (χ2n) is 11.9. The van der Waals surface area contributed by atoms with Crippen molar-refractivity contribution in [3.63, 3.8) is 0 Å². The van der Waals surface area contributed by atoms with Crippen LogP contribution in [0.25, 0.3) is 0 Å². The molecule has 3 N–H and O–H groups in total. The first-order valence-electron chi connectivity index (χ1n) is 16.7. The largest absolute Gasteiger partial charge is 0.573 e. The van der Waals surface area contributed by atoms with E-state index in [0.717, 1.165) is 25.0 Å². The molecule has 4 aromatic carbocycles.